The molecule has 2 aromatic heterocycles. The predicted molar refractivity (Wildman–Crippen MR) is 227 cm³/mol. The summed E-state index contributed by atoms with van der Waals surface area (Å²) in [4.78, 5) is 0. The van der Waals surface area contributed by atoms with Gasteiger partial charge >= 0.3 is 0 Å². The Morgan fingerprint density at radius 2 is 1.29 bits per heavy atom. The second kappa shape index (κ2) is 14.2. The summed E-state index contributed by atoms with van der Waals surface area (Å²) in [6.45, 7) is 10.5. The van der Waals surface area contributed by atoms with E-state index >= 15 is 0 Å². The summed E-state index contributed by atoms with van der Waals surface area (Å²) in [6, 6.07) is 40.5. The van der Waals surface area contributed by atoms with Crippen LogP contribution in [0.1, 0.15) is 56.4 Å². The number of rotatable bonds is 9. The van der Waals surface area contributed by atoms with Crippen LogP contribution in [0.25, 0.3) is 78.5 Å². The van der Waals surface area contributed by atoms with Gasteiger partial charge in [0.05, 0.1) is 16.6 Å². The number of hydrogen-bond acceptors (Lipinski definition) is 0. The first-order chi connectivity index (χ1) is 25.6. The van der Waals surface area contributed by atoms with Gasteiger partial charge < -0.3 is 9.13 Å². The molecule has 1 aliphatic carbocycles. The third-order valence-electron chi connectivity index (χ3n) is 10.1. The number of nitrogens with zero attached hydrogens (tertiary/aromatic N) is 2. The highest BCUT2D eigenvalue weighted by molar-refractivity contribution is 6.13. The molecule has 2 heteroatoms. The van der Waals surface area contributed by atoms with Crippen LogP contribution in [-0.2, 0) is 0 Å². The number of allylic oxidation sites excluding steroid dienone is 9. The molecule has 0 bridgehead atoms. The van der Waals surface area contributed by atoms with Crippen molar-refractivity contribution in [1.29, 1.82) is 0 Å². The quantitative estimate of drug-likeness (QED) is 0.135. The zero-order valence-electron chi connectivity index (χ0n) is 30.3. The lowest BCUT2D eigenvalue weighted by Crippen LogP contribution is -2.03. The molecule has 2 nitrogen and oxygen atoms in total. The Morgan fingerprint density at radius 1 is 0.615 bits per heavy atom. The second-order valence-corrected chi connectivity index (χ2v) is 13.9. The number of aromatic nitrogens is 2. The van der Waals surface area contributed by atoms with Crippen molar-refractivity contribution in [3.05, 3.63) is 181 Å². The number of benzene rings is 5. The molecule has 2 heterocycles. The van der Waals surface area contributed by atoms with Crippen molar-refractivity contribution in [2.45, 2.75) is 39.5 Å². The van der Waals surface area contributed by atoms with E-state index in [1.165, 1.54) is 77.6 Å². The fourth-order valence-corrected chi connectivity index (χ4v) is 7.84. The molecule has 1 aliphatic rings. The standard InChI is InChI=1S/C50H44N2/c1-5-7-8-11-18-36-19-16-24-42(31-36)52-49-30-27-39(33-44(49)43(17-6-2)50(52)35(3)4)40-26-29-48-46(34-40)45-32-38(37-20-12-9-13-21-37)25-28-47(45)51(48)41-22-14-10-15-23-41/h5-9,11-14,16-35H,1,10,15H2,2-4H3/b8-7-,17-6-,18-11+. The van der Waals surface area contributed by atoms with E-state index in [0.29, 0.717) is 5.92 Å². The molecule has 0 saturated heterocycles. The maximum atomic E-state index is 3.78. The lowest BCUT2D eigenvalue weighted by atomic mass is 9.98. The smallest absolute Gasteiger partial charge is 0.0541 e. The van der Waals surface area contributed by atoms with Crippen molar-refractivity contribution < 1.29 is 0 Å². The van der Waals surface area contributed by atoms with E-state index < -0.39 is 0 Å². The molecular weight excluding hydrogens is 629 g/mol. The van der Waals surface area contributed by atoms with Crippen LogP contribution >= 0.6 is 0 Å². The van der Waals surface area contributed by atoms with E-state index in [2.05, 4.69) is 188 Å². The fourth-order valence-electron chi connectivity index (χ4n) is 7.84. The number of fused-ring (bicyclic) bond motifs is 4. The minimum atomic E-state index is 0.321. The molecule has 0 unspecified atom stereocenters. The SMILES string of the molecule is C=C/C=C\C=C\c1cccc(-n2c(C(C)C)c(/C=C\C)c3cc(-c4ccc5c(c4)c4cc(-c6ccccc6)ccc4n5C4=CCCC=C4)ccc32)c1. The molecular formula is C50H44N2. The molecule has 7 aromatic rings. The van der Waals surface area contributed by atoms with E-state index in [0.717, 1.165) is 18.4 Å². The van der Waals surface area contributed by atoms with Crippen LogP contribution in [0.15, 0.2) is 164 Å². The zero-order valence-corrected chi connectivity index (χ0v) is 30.3. The molecule has 0 saturated carbocycles. The molecule has 8 rings (SSSR count). The van der Waals surface area contributed by atoms with Crippen molar-refractivity contribution in [3.63, 3.8) is 0 Å². The molecule has 52 heavy (non-hydrogen) atoms. The summed E-state index contributed by atoms with van der Waals surface area (Å²) in [5.74, 6) is 0.321. The minimum Gasteiger partial charge on any atom is -0.313 e. The number of hydrogen-bond donors (Lipinski definition) is 0. The van der Waals surface area contributed by atoms with Crippen LogP contribution in [0.3, 0.4) is 0 Å². The average molecular weight is 673 g/mol. The van der Waals surface area contributed by atoms with Gasteiger partial charge in [0.15, 0.2) is 0 Å². The second-order valence-electron chi connectivity index (χ2n) is 13.9. The molecule has 0 atom stereocenters. The van der Waals surface area contributed by atoms with Crippen molar-refractivity contribution in [2.75, 3.05) is 0 Å². The van der Waals surface area contributed by atoms with Gasteiger partial charge in [0, 0.05) is 38.8 Å². The topological polar surface area (TPSA) is 9.86 Å². The van der Waals surface area contributed by atoms with Crippen molar-refractivity contribution in [2.24, 2.45) is 0 Å². The Labute approximate surface area is 307 Å². The van der Waals surface area contributed by atoms with E-state index in [1.807, 2.05) is 12.2 Å². The maximum absolute atomic E-state index is 3.78. The Kier molecular flexibility index (Phi) is 9.05. The van der Waals surface area contributed by atoms with Gasteiger partial charge in [0.2, 0.25) is 0 Å². The van der Waals surface area contributed by atoms with Gasteiger partial charge in [-0.1, -0.05) is 136 Å². The minimum absolute atomic E-state index is 0.321. The summed E-state index contributed by atoms with van der Waals surface area (Å²) >= 11 is 0. The van der Waals surface area contributed by atoms with Crippen LogP contribution in [0.4, 0.5) is 0 Å². The lowest BCUT2D eigenvalue weighted by Gasteiger charge is -2.15. The van der Waals surface area contributed by atoms with Crippen molar-refractivity contribution >= 4 is 50.6 Å². The summed E-state index contributed by atoms with van der Waals surface area (Å²) < 4.78 is 4.91. The van der Waals surface area contributed by atoms with Crippen molar-refractivity contribution in [1.82, 2.24) is 9.13 Å². The first kappa shape index (κ1) is 33.0. The third kappa shape index (κ3) is 6.01. The van der Waals surface area contributed by atoms with Crippen LogP contribution in [-0.4, -0.2) is 9.13 Å². The van der Waals surface area contributed by atoms with Gasteiger partial charge in [-0.05, 0) is 108 Å². The Bertz CT molecular complexity index is 2610. The fraction of sp³-hybridized carbons (Fsp3) is 0.120. The summed E-state index contributed by atoms with van der Waals surface area (Å²) in [6.07, 6.45) is 23.5. The van der Waals surface area contributed by atoms with E-state index in [9.17, 15) is 0 Å². The van der Waals surface area contributed by atoms with Crippen LogP contribution < -0.4 is 0 Å². The monoisotopic (exact) mass is 672 g/mol. The Hall–Kier alpha value is -6.12. The van der Waals surface area contributed by atoms with Gasteiger partial charge in [-0.3, -0.25) is 0 Å². The average Bonchev–Trinajstić information content (AvgIpc) is 3.69. The molecule has 0 aliphatic heterocycles. The van der Waals surface area contributed by atoms with Gasteiger partial charge in [0.1, 0.15) is 0 Å². The van der Waals surface area contributed by atoms with Crippen molar-refractivity contribution in [3.8, 4) is 27.9 Å². The van der Waals surface area contributed by atoms with Gasteiger partial charge in [-0.2, -0.15) is 0 Å². The highest BCUT2D eigenvalue weighted by Gasteiger charge is 2.21. The maximum Gasteiger partial charge on any atom is 0.0541 e. The molecule has 0 radical (unpaired) electrons. The van der Waals surface area contributed by atoms with Crippen LogP contribution in [0, 0.1) is 0 Å². The van der Waals surface area contributed by atoms with Gasteiger partial charge in [-0.25, -0.2) is 0 Å². The summed E-state index contributed by atoms with van der Waals surface area (Å²) in [5.41, 5.74) is 14.8. The Balaban J connectivity index is 1.31. The van der Waals surface area contributed by atoms with E-state index in [1.54, 1.807) is 6.08 Å². The predicted octanol–water partition coefficient (Wildman–Crippen LogP) is 14.2. The van der Waals surface area contributed by atoms with Gasteiger partial charge in [0.25, 0.3) is 0 Å². The lowest BCUT2D eigenvalue weighted by molar-refractivity contribution is 0.793. The highest BCUT2D eigenvalue weighted by Crippen LogP contribution is 2.40. The third-order valence-corrected chi connectivity index (χ3v) is 10.1. The van der Waals surface area contributed by atoms with Crippen LogP contribution in [0.2, 0.25) is 0 Å². The highest BCUT2D eigenvalue weighted by atomic mass is 15.0. The molecule has 0 spiro atoms. The summed E-state index contributed by atoms with van der Waals surface area (Å²) in [7, 11) is 0. The summed E-state index contributed by atoms with van der Waals surface area (Å²) in [5, 5.41) is 3.81. The van der Waals surface area contributed by atoms with Crippen LogP contribution in [0.5, 0.6) is 0 Å². The largest absolute Gasteiger partial charge is 0.313 e. The Morgan fingerprint density at radius 3 is 1.92 bits per heavy atom. The molecule has 254 valence electrons. The van der Waals surface area contributed by atoms with E-state index in [4.69, 9.17) is 0 Å². The first-order valence-electron chi connectivity index (χ1n) is 18.4. The molecule has 0 fully saturated rings. The normalized spacial score (nSPS) is 13.6. The van der Waals surface area contributed by atoms with E-state index in [-0.39, 0.29) is 0 Å². The first-order valence-corrected chi connectivity index (χ1v) is 18.4. The molecule has 0 amide bonds. The molecule has 0 N–H and O–H groups in total. The zero-order chi connectivity index (χ0) is 35.6. The molecule has 5 aromatic carbocycles. The van der Waals surface area contributed by atoms with Gasteiger partial charge in [-0.15, -0.1) is 0 Å².